The number of nitrogens with one attached hydrogen (secondary N) is 2. The van der Waals surface area contributed by atoms with E-state index in [0.29, 0.717) is 18.9 Å². The lowest BCUT2D eigenvalue weighted by atomic mass is 9.79. The molecular weight excluding hydrogens is 442 g/mol. The summed E-state index contributed by atoms with van der Waals surface area (Å²) in [5.74, 6) is 1.02. The Hall–Kier alpha value is -3.06. The maximum Gasteiger partial charge on any atom is 0.326 e. The van der Waals surface area contributed by atoms with Crippen molar-refractivity contribution < 1.29 is 19.4 Å². The summed E-state index contributed by atoms with van der Waals surface area (Å²) in [5.41, 5.74) is 3.48. The van der Waals surface area contributed by atoms with Gasteiger partial charge in [0.1, 0.15) is 18.0 Å². The smallest absolute Gasteiger partial charge is 0.326 e. The number of pyridine rings is 1. The van der Waals surface area contributed by atoms with Crippen LogP contribution >= 0.6 is 0 Å². The Balaban J connectivity index is 1.12. The van der Waals surface area contributed by atoms with Crippen LogP contribution in [0.3, 0.4) is 0 Å². The molecule has 1 aromatic heterocycles. The molecule has 7 heteroatoms. The van der Waals surface area contributed by atoms with Gasteiger partial charge in [-0.3, -0.25) is 0 Å². The molecule has 0 bridgehead atoms. The van der Waals surface area contributed by atoms with Gasteiger partial charge >= 0.3 is 5.97 Å². The van der Waals surface area contributed by atoms with Gasteiger partial charge in [-0.1, -0.05) is 36.4 Å². The lowest BCUT2D eigenvalue weighted by Gasteiger charge is -2.35. The first-order valence-electron chi connectivity index (χ1n) is 12.7. The number of hydrogen-bond donors (Lipinski definition) is 3. The molecule has 0 saturated heterocycles. The van der Waals surface area contributed by atoms with E-state index in [-0.39, 0.29) is 18.1 Å². The highest BCUT2D eigenvalue weighted by Gasteiger charge is 2.30. The predicted octanol–water partition coefficient (Wildman–Crippen LogP) is 4.85. The number of benzene rings is 1. The van der Waals surface area contributed by atoms with Crippen LogP contribution in [0.2, 0.25) is 0 Å². The van der Waals surface area contributed by atoms with Crippen molar-refractivity contribution in [1.29, 1.82) is 0 Å². The first-order chi connectivity index (χ1) is 17.0. The number of hydrogen-bond acceptors (Lipinski definition) is 6. The molecule has 7 nitrogen and oxygen atoms in total. The highest BCUT2D eigenvalue weighted by molar-refractivity contribution is 5.73. The normalized spacial score (nSPS) is 20.5. The van der Waals surface area contributed by atoms with Crippen LogP contribution < -0.4 is 10.6 Å². The third kappa shape index (κ3) is 7.21. The molecule has 1 fully saturated rings. The molecule has 2 heterocycles. The Kier molecular flexibility index (Phi) is 8.64. The molecule has 1 aliphatic heterocycles. The van der Waals surface area contributed by atoms with Crippen LogP contribution in [0.4, 0.5) is 5.82 Å². The number of aliphatic carboxylic acids is 1. The van der Waals surface area contributed by atoms with Gasteiger partial charge in [0.2, 0.25) is 0 Å². The van der Waals surface area contributed by atoms with Gasteiger partial charge in [0.25, 0.3) is 0 Å². The third-order valence-corrected chi connectivity index (χ3v) is 6.93. The van der Waals surface area contributed by atoms with Crippen molar-refractivity contribution in [1.82, 2.24) is 10.3 Å². The average molecular weight is 480 g/mol. The molecule has 3 N–H and O–H groups in total. The highest BCUT2D eigenvalue weighted by Crippen LogP contribution is 2.34. The van der Waals surface area contributed by atoms with Crippen LogP contribution in [-0.4, -0.2) is 41.4 Å². The third-order valence-electron chi connectivity index (χ3n) is 6.93. The second kappa shape index (κ2) is 12.1. The number of aromatic nitrogens is 1. The summed E-state index contributed by atoms with van der Waals surface area (Å²) in [5, 5.41) is 15.9. The van der Waals surface area contributed by atoms with Crippen molar-refractivity contribution in [3.63, 3.8) is 0 Å². The molecule has 2 aromatic rings. The van der Waals surface area contributed by atoms with Gasteiger partial charge in [0, 0.05) is 25.3 Å². The summed E-state index contributed by atoms with van der Waals surface area (Å²) in [6, 6.07) is 13.3. The molecule has 2 atom stereocenters. The van der Waals surface area contributed by atoms with Crippen LogP contribution in [0.15, 0.2) is 54.9 Å². The largest absolute Gasteiger partial charge is 0.480 e. The Morgan fingerprint density at radius 1 is 1.26 bits per heavy atom. The molecule has 188 valence electrons. The molecule has 0 amide bonds. The van der Waals surface area contributed by atoms with Gasteiger partial charge in [-0.25, -0.2) is 9.78 Å². The number of anilines is 1. The number of nitrogens with zero attached hydrogens (tertiary/aromatic N) is 1. The van der Waals surface area contributed by atoms with Crippen LogP contribution in [-0.2, 0) is 27.1 Å². The van der Waals surface area contributed by atoms with E-state index in [2.05, 4.69) is 29.3 Å². The summed E-state index contributed by atoms with van der Waals surface area (Å²) in [6.07, 6.45) is 6.79. The van der Waals surface area contributed by atoms with Gasteiger partial charge in [-0.15, -0.1) is 0 Å². The van der Waals surface area contributed by atoms with E-state index < -0.39 is 12.0 Å². The molecule has 2 aliphatic rings. The number of rotatable bonds is 13. The lowest BCUT2D eigenvalue weighted by Crippen LogP contribution is -2.39. The van der Waals surface area contributed by atoms with Gasteiger partial charge < -0.3 is 25.2 Å². The molecule has 0 unspecified atom stereocenters. The van der Waals surface area contributed by atoms with E-state index >= 15 is 0 Å². The molecule has 35 heavy (non-hydrogen) atoms. The van der Waals surface area contributed by atoms with Crippen LogP contribution in [0.5, 0.6) is 0 Å². The Labute approximate surface area is 207 Å². The van der Waals surface area contributed by atoms with Gasteiger partial charge in [-0.2, -0.15) is 0 Å². The van der Waals surface area contributed by atoms with Crippen molar-refractivity contribution in [2.45, 2.75) is 70.1 Å². The van der Waals surface area contributed by atoms with E-state index in [0.717, 1.165) is 55.7 Å². The summed E-state index contributed by atoms with van der Waals surface area (Å²) in [4.78, 5) is 16.5. The van der Waals surface area contributed by atoms with Crippen molar-refractivity contribution >= 4 is 11.8 Å². The van der Waals surface area contributed by atoms with E-state index in [9.17, 15) is 9.90 Å². The molecule has 0 radical (unpaired) electrons. The Morgan fingerprint density at radius 2 is 2.06 bits per heavy atom. The summed E-state index contributed by atoms with van der Waals surface area (Å²) >= 11 is 0. The van der Waals surface area contributed by atoms with Crippen molar-refractivity contribution in [2.24, 2.45) is 5.92 Å². The first-order valence-corrected chi connectivity index (χ1v) is 12.7. The molecule has 0 spiro atoms. The minimum atomic E-state index is -0.941. The number of ether oxygens (including phenoxy) is 2. The van der Waals surface area contributed by atoms with E-state index in [4.69, 9.17) is 14.5 Å². The number of carboxylic acids is 1. The monoisotopic (exact) mass is 479 g/mol. The second-order valence-corrected chi connectivity index (χ2v) is 9.63. The SMILES string of the molecule is C=C(N[C@@H](CCOC1CC(CCc2ccc3c(n2)NCCC3)C1)C(=O)O)O[C@@H](C)c1ccccc1. The number of carboxylic acid groups (broad SMARTS) is 1. The fourth-order valence-corrected chi connectivity index (χ4v) is 4.75. The Bertz CT molecular complexity index is 991. The minimum Gasteiger partial charge on any atom is -0.480 e. The maximum absolute atomic E-state index is 11.7. The lowest BCUT2D eigenvalue weighted by molar-refractivity contribution is -0.140. The molecular formula is C28H37N3O4. The predicted molar refractivity (Wildman–Crippen MR) is 136 cm³/mol. The van der Waals surface area contributed by atoms with Gasteiger partial charge in [0.05, 0.1) is 6.10 Å². The minimum absolute atomic E-state index is 0.213. The standard InChI is InChI=1S/C28H37N3O4/c1-19(22-7-4-3-5-8-22)35-20(2)30-26(28(32)33)14-16-34-25-17-21(18-25)10-12-24-13-11-23-9-6-15-29-27(23)31-24/h3-5,7-8,11,13,19,21,25-26,30H,2,6,9-10,12,14-18H2,1H3,(H,29,31)(H,32,33)/t19-,21?,25?,26-/m0/s1. The number of carbonyl (C=O) groups is 1. The van der Waals surface area contributed by atoms with Crippen LogP contribution in [0.1, 0.15) is 62.0 Å². The first kappa shape index (κ1) is 25.0. The molecule has 1 saturated carbocycles. The van der Waals surface area contributed by atoms with E-state index in [1.54, 1.807) is 0 Å². The fourth-order valence-electron chi connectivity index (χ4n) is 4.75. The average Bonchev–Trinajstić information content (AvgIpc) is 2.84. The molecule has 1 aromatic carbocycles. The van der Waals surface area contributed by atoms with Crippen LogP contribution in [0, 0.1) is 5.92 Å². The maximum atomic E-state index is 11.7. The van der Waals surface area contributed by atoms with Crippen molar-refractivity contribution in [3.8, 4) is 0 Å². The van der Waals surface area contributed by atoms with Crippen LogP contribution in [0.25, 0.3) is 0 Å². The zero-order chi connectivity index (χ0) is 24.6. The molecule has 4 rings (SSSR count). The second-order valence-electron chi connectivity index (χ2n) is 9.63. The fraction of sp³-hybridized carbons (Fsp3) is 0.500. The summed E-state index contributed by atoms with van der Waals surface area (Å²) < 4.78 is 11.7. The number of aryl methyl sites for hydroxylation is 2. The molecule has 1 aliphatic carbocycles. The highest BCUT2D eigenvalue weighted by atomic mass is 16.5. The van der Waals surface area contributed by atoms with Gasteiger partial charge in [0.15, 0.2) is 5.88 Å². The van der Waals surface area contributed by atoms with E-state index in [1.165, 1.54) is 12.0 Å². The number of fused-ring (bicyclic) bond motifs is 1. The zero-order valence-electron chi connectivity index (χ0n) is 20.5. The van der Waals surface area contributed by atoms with Crippen molar-refractivity contribution in [3.05, 3.63) is 71.7 Å². The summed E-state index contributed by atoms with van der Waals surface area (Å²) in [7, 11) is 0. The Morgan fingerprint density at radius 3 is 2.83 bits per heavy atom. The van der Waals surface area contributed by atoms with E-state index in [1.807, 2.05) is 37.3 Å². The summed E-state index contributed by atoms with van der Waals surface area (Å²) in [6.45, 7) is 7.16. The topological polar surface area (TPSA) is 92.7 Å². The quantitative estimate of drug-likeness (QED) is 0.354. The van der Waals surface area contributed by atoms with Crippen molar-refractivity contribution in [2.75, 3.05) is 18.5 Å². The zero-order valence-corrected chi connectivity index (χ0v) is 20.5. The van der Waals surface area contributed by atoms with Gasteiger partial charge in [-0.05, 0) is 75.1 Å².